The number of nitrogens with zero attached hydrogens (tertiary/aromatic N) is 2. The first-order valence-electron chi connectivity index (χ1n) is 6.93. The minimum absolute atomic E-state index is 0. The SMILES string of the molecule is CC(N)C1CCN(S(=O)(=O)c2cccc(F)c2[N+](=O)[O-])CC1.Cl. The van der Waals surface area contributed by atoms with E-state index in [0.717, 1.165) is 22.5 Å². The maximum Gasteiger partial charge on any atom is 0.324 e. The second-order valence-corrected chi connectivity index (χ2v) is 7.35. The molecule has 1 aromatic carbocycles. The van der Waals surface area contributed by atoms with Crippen LogP contribution >= 0.6 is 12.4 Å². The van der Waals surface area contributed by atoms with Crippen LogP contribution in [0, 0.1) is 21.8 Å². The second kappa shape index (κ2) is 7.52. The summed E-state index contributed by atoms with van der Waals surface area (Å²) in [4.78, 5) is 9.38. The topological polar surface area (TPSA) is 107 Å². The number of benzene rings is 1. The van der Waals surface area contributed by atoms with E-state index in [1.165, 1.54) is 0 Å². The molecule has 2 rings (SSSR count). The molecule has 7 nitrogen and oxygen atoms in total. The normalized spacial score (nSPS) is 18.2. The third kappa shape index (κ3) is 3.97. The first-order chi connectivity index (χ1) is 10.2. The van der Waals surface area contributed by atoms with Crippen LogP contribution < -0.4 is 5.73 Å². The Hall–Kier alpha value is -1.29. The van der Waals surface area contributed by atoms with Crippen molar-refractivity contribution in [1.82, 2.24) is 4.31 Å². The van der Waals surface area contributed by atoms with Crippen molar-refractivity contribution in [3.05, 3.63) is 34.1 Å². The van der Waals surface area contributed by atoms with Crippen molar-refractivity contribution in [2.45, 2.75) is 30.7 Å². The van der Waals surface area contributed by atoms with E-state index in [0.29, 0.717) is 12.8 Å². The Balaban J connectivity index is 0.00000264. The Morgan fingerprint density at radius 3 is 2.43 bits per heavy atom. The highest BCUT2D eigenvalue weighted by atomic mass is 35.5. The zero-order valence-corrected chi connectivity index (χ0v) is 14.1. The van der Waals surface area contributed by atoms with Gasteiger partial charge in [-0.15, -0.1) is 12.4 Å². The highest BCUT2D eigenvalue weighted by molar-refractivity contribution is 7.89. The van der Waals surface area contributed by atoms with Crippen LogP contribution in [0.4, 0.5) is 10.1 Å². The zero-order chi connectivity index (χ0) is 16.5. The van der Waals surface area contributed by atoms with Crippen LogP contribution in [0.25, 0.3) is 0 Å². The molecule has 1 fully saturated rings. The van der Waals surface area contributed by atoms with Gasteiger partial charge in [0.15, 0.2) is 4.90 Å². The fraction of sp³-hybridized carbons (Fsp3) is 0.538. The van der Waals surface area contributed by atoms with Gasteiger partial charge in [0.05, 0.1) is 4.92 Å². The average Bonchev–Trinajstić information content (AvgIpc) is 2.46. The number of sulfonamides is 1. The summed E-state index contributed by atoms with van der Waals surface area (Å²) < 4.78 is 39.9. The zero-order valence-electron chi connectivity index (χ0n) is 12.5. The molecule has 0 spiro atoms. The van der Waals surface area contributed by atoms with Gasteiger partial charge in [-0.05, 0) is 37.8 Å². The van der Waals surface area contributed by atoms with Crippen molar-refractivity contribution in [2.75, 3.05) is 13.1 Å². The lowest BCUT2D eigenvalue weighted by atomic mass is 9.92. The second-order valence-electron chi connectivity index (χ2n) is 5.44. The van der Waals surface area contributed by atoms with Gasteiger partial charge in [-0.25, -0.2) is 8.42 Å². The lowest BCUT2D eigenvalue weighted by molar-refractivity contribution is -0.390. The molecule has 1 aromatic rings. The number of nitro benzene ring substituents is 1. The lowest BCUT2D eigenvalue weighted by Crippen LogP contribution is -2.42. The maximum atomic E-state index is 13.6. The first kappa shape index (κ1) is 19.8. The third-order valence-electron chi connectivity index (χ3n) is 3.99. The number of nitro groups is 1. The average molecular weight is 368 g/mol. The van der Waals surface area contributed by atoms with Crippen LogP contribution in [0.1, 0.15) is 19.8 Å². The molecule has 0 aliphatic carbocycles. The van der Waals surface area contributed by atoms with Crippen molar-refractivity contribution >= 4 is 28.1 Å². The van der Waals surface area contributed by atoms with E-state index in [1.54, 1.807) is 0 Å². The van der Waals surface area contributed by atoms with Crippen LogP contribution in [0.15, 0.2) is 23.1 Å². The summed E-state index contributed by atoms with van der Waals surface area (Å²) >= 11 is 0. The van der Waals surface area contributed by atoms with E-state index in [-0.39, 0.29) is 37.5 Å². The van der Waals surface area contributed by atoms with Gasteiger partial charge in [-0.3, -0.25) is 10.1 Å². The van der Waals surface area contributed by atoms with E-state index in [2.05, 4.69) is 0 Å². The summed E-state index contributed by atoms with van der Waals surface area (Å²) in [7, 11) is -4.10. The van der Waals surface area contributed by atoms with Crippen LogP contribution in [0.2, 0.25) is 0 Å². The smallest absolute Gasteiger partial charge is 0.324 e. The number of rotatable bonds is 4. The molecule has 1 unspecified atom stereocenters. The van der Waals surface area contributed by atoms with Crippen LogP contribution in [0.3, 0.4) is 0 Å². The number of hydrogen-bond acceptors (Lipinski definition) is 5. The van der Waals surface area contributed by atoms with Gasteiger partial charge < -0.3 is 5.73 Å². The Morgan fingerprint density at radius 1 is 1.39 bits per heavy atom. The summed E-state index contributed by atoms with van der Waals surface area (Å²) in [5.74, 6) is -0.939. The van der Waals surface area contributed by atoms with Gasteiger partial charge in [0.25, 0.3) is 0 Å². The largest absolute Gasteiger partial charge is 0.328 e. The van der Waals surface area contributed by atoms with Crippen molar-refractivity contribution in [1.29, 1.82) is 0 Å². The Morgan fingerprint density at radius 2 is 1.96 bits per heavy atom. The fourth-order valence-electron chi connectivity index (χ4n) is 2.66. The molecule has 0 saturated carbocycles. The van der Waals surface area contributed by atoms with Gasteiger partial charge in [0, 0.05) is 19.1 Å². The van der Waals surface area contributed by atoms with Gasteiger partial charge >= 0.3 is 5.69 Å². The summed E-state index contributed by atoms with van der Waals surface area (Å²) in [6, 6.07) is 3.06. The molecule has 0 radical (unpaired) electrons. The molecule has 130 valence electrons. The number of halogens is 2. The number of nitrogens with two attached hydrogens (primary N) is 1. The van der Waals surface area contributed by atoms with E-state index >= 15 is 0 Å². The highest BCUT2D eigenvalue weighted by Crippen LogP contribution is 2.31. The number of piperidine rings is 1. The summed E-state index contributed by atoms with van der Waals surface area (Å²) in [5, 5.41) is 11.0. The standard InChI is InChI=1S/C13H18FN3O4S.ClH/c1-9(15)10-5-7-16(8-6-10)22(20,21)12-4-2-3-11(14)13(12)17(18)19;/h2-4,9-10H,5-8,15H2,1H3;1H. The maximum absolute atomic E-state index is 13.6. The highest BCUT2D eigenvalue weighted by Gasteiger charge is 2.36. The molecular formula is C13H19ClFN3O4S. The molecule has 1 heterocycles. The molecule has 23 heavy (non-hydrogen) atoms. The molecule has 2 N–H and O–H groups in total. The van der Waals surface area contributed by atoms with Gasteiger partial charge in [0.1, 0.15) is 0 Å². The minimum atomic E-state index is -4.10. The van der Waals surface area contributed by atoms with Crippen molar-refractivity contribution < 1.29 is 17.7 Å². The predicted molar refractivity (Wildman–Crippen MR) is 85.4 cm³/mol. The number of hydrogen-bond donors (Lipinski definition) is 1. The molecule has 1 aliphatic heterocycles. The molecule has 1 saturated heterocycles. The molecule has 0 aromatic heterocycles. The first-order valence-corrected chi connectivity index (χ1v) is 8.37. The molecule has 0 amide bonds. The van der Waals surface area contributed by atoms with E-state index in [9.17, 15) is 22.9 Å². The molecule has 0 bridgehead atoms. The van der Waals surface area contributed by atoms with Gasteiger partial charge in [-0.2, -0.15) is 8.70 Å². The Kier molecular flexibility index (Phi) is 6.46. The third-order valence-corrected chi connectivity index (χ3v) is 5.92. The predicted octanol–water partition coefficient (Wildman–Crippen LogP) is 1.90. The molecule has 10 heteroatoms. The monoisotopic (exact) mass is 367 g/mol. The molecule has 1 atom stereocenters. The summed E-state index contributed by atoms with van der Waals surface area (Å²) in [6.07, 6.45) is 1.17. The van der Waals surface area contributed by atoms with Crippen molar-refractivity contribution in [3.63, 3.8) is 0 Å². The lowest BCUT2D eigenvalue weighted by Gasteiger charge is -2.32. The van der Waals surface area contributed by atoms with Crippen LogP contribution in [-0.4, -0.2) is 36.8 Å². The molecule has 1 aliphatic rings. The quantitative estimate of drug-likeness (QED) is 0.646. The fourth-order valence-corrected chi connectivity index (χ4v) is 4.30. The van der Waals surface area contributed by atoms with Crippen molar-refractivity contribution in [3.8, 4) is 0 Å². The van der Waals surface area contributed by atoms with E-state index < -0.39 is 31.3 Å². The molecular weight excluding hydrogens is 349 g/mol. The van der Waals surface area contributed by atoms with Crippen LogP contribution in [-0.2, 0) is 10.0 Å². The minimum Gasteiger partial charge on any atom is -0.328 e. The van der Waals surface area contributed by atoms with Crippen molar-refractivity contribution in [2.24, 2.45) is 11.7 Å². The van der Waals surface area contributed by atoms with Gasteiger partial charge in [-0.1, -0.05) is 6.07 Å². The number of para-hydroxylation sites is 1. The van der Waals surface area contributed by atoms with E-state index in [1.807, 2.05) is 6.92 Å². The van der Waals surface area contributed by atoms with Crippen LogP contribution in [0.5, 0.6) is 0 Å². The Bertz CT molecular complexity index is 676. The van der Waals surface area contributed by atoms with Gasteiger partial charge in [0.2, 0.25) is 15.8 Å². The Labute approximate surface area is 140 Å². The summed E-state index contributed by atoms with van der Waals surface area (Å²) in [6.45, 7) is 2.32. The summed E-state index contributed by atoms with van der Waals surface area (Å²) in [5.41, 5.74) is 4.81. The van der Waals surface area contributed by atoms with E-state index in [4.69, 9.17) is 5.73 Å².